The standard InChI is InChI=1S/C14H14BrFN2/c1-17-14(12-4-2-3-5-13(12)16)8-11-7-6-10(15)9-18-11/h2-7,9,14,17H,8H2,1H3. The third-order valence-corrected chi connectivity index (χ3v) is 3.30. The smallest absolute Gasteiger partial charge is 0.127 e. The molecule has 2 rings (SSSR count). The zero-order valence-corrected chi connectivity index (χ0v) is 11.6. The lowest BCUT2D eigenvalue weighted by atomic mass is 10.0. The average Bonchev–Trinajstić information content (AvgIpc) is 2.39. The van der Waals surface area contributed by atoms with E-state index in [2.05, 4.69) is 26.2 Å². The Kier molecular flexibility index (Phi) is 4.44. The van der Waals surface area contributed by atoms with Crippen molar-refractivity contribution in [2.75, 3.05) is 7.05 Å². The second kappa shape index (κ2) is 6.07. The van der Waals surface area contributed by atoms with Crippen LogP contribution in [-0.2, 0) is 6.42 Å². The van der Waals surface area contributed by atoms with Gasteiger partial charge in [0.25, 0.3) is 0 Å². The Morgan fingerprint density at radius 1 is 1.28 bits per heavy atom. The average molecular weight is 309 g/mol. The van der Waals surface area contributed by atoms with Crippen LogP contribution in [0.2, 0.25) is 0 Å². The fourth-order valence-electron chi connectivity index (χ4n) is 1.86. The molecule has 0 aliphatic carbocycles. The Hall–Kier alpha value is -1.26. The van der Waals surface area contributed by atoms with Gasteiger partial charge in [-0.3, -0.25) is 4.98 Å². The van der Waals surface area contributed by atoms with E-state index in [0.29, 0.717) is 12.0 Å². The predicted octanol–water partition coefficient (Wildman–Crippen LogP) is 3.49. The zero-order valence-electron chi connectivity index (χ0n) is 10.0. The first-order chi connectivity index (χ1) is 8.70. The van der Waals surface area contributed by atoms with Crippen molar-refractivity contribution in [2.45, 2.75) is 12.5 Å². The minimum absolute atomic E-state index is 0.0696. The number of pyridine rings is 1. The largest absolute Gasteiger partial charge is 0.313 e. The van der Waals surface area contributed by atoms with E-state index in [-0.39, 0.29) is 11.9 Å². The maximum atomic E-state index is 13.7. The molecule has 0 saturated heterocycles. The monoisotopic (exact) mass is 308 g/mol. The van der Waals surface area contributed by atoms with Crippen LogP contribution in [0.1, 0.15) is 17.3 Å². The molecule has 1 aromatic carbocycles. The summed E-state index contributed by atoms with van der Waals surface area (Å²) in [5.41, 5.74) is 1.60. The molecule has 94 valence electrons. The minimum atomic E-state index is -0.186. The first-order valence-electron chi connectivity index (χ1n) is 5.73. The van der Waals surface area contributed by atoms with Crippen molar-refractivity contribution in [1.82, 2.24) is 10.3 Å². The summed E-state index contributed by atoms with van der Waals surface area (Å²) in [7, 11) is 1.83. The Morgan fingerprint density at radius 2 is 2.06 bits per heavy atom. The number of nitrogens with zero attached hydrogens (tertiary/aromatic N) is 1. The second-order valence-electron chi connectivity index (χ2n) is 4.03. The predicted molar refractivity (Wildman–Crippen MR) is 73.8 cm³/mol. The van der Waals surface area contributed by atoms with E-state index >= 15 is 0 Å². The van der Waals surface area contributed by atoms with Gasteiger partial charge >= 0.3 is 0 Å². The fraction of sp³-hybridized carbons (Fsp3) is 0.214. The van der Waals surface area contributed by atoms with Crippen LogP contribution in [0.4, 0.5) is 4.39 Å². The van der Waals surface area contributed by atoms with Crippen molar-refractivity contribution in [2.24, 2.45) is 0 Å². The van der Waals surface area contributed by atoms with Gasteiger partial charge in [-0.1, -0.05) is 18.2 Å². The van der Waals surface area contributed by atoms with E-state index in [1.165, 1.54) is 6.07 Å². The first kappa shape index (κ1) is 13.2. The summed E-state index contributed by atoms with van der Waals surface area (Å²) in [5, 5.41) is 3.13. The van der Waals surface area contributed by atoms with Crippen molar-refractivity contribution in [3.63, 3.8) is 0 Å². The summed E-state index contributed by atoms with van der Waals surface area (Å²) in [4.78, 5) is 4.31. The molecule has 2 nitrogen and oxygen atoms in total. The van der Waals surface area contributed by atoms with E-state index in [9.17, 15) is 4.39 Å². The number of nitrogens with one attached hydrogen (secondary N) is 1. The molecule has 1 aromatic heterocycles. The number of hydrogen-bond donors (Lipinski definition) is 1. The van der Waals surface area contributed by atoms with E-state index < -0.39 is 0 Å². The fourth-order valence-corrected chi connectivity index (χ4v) is 2.10. The quantitative estimate of drug-likeness (QED) is 0.935. The summed E-state index contributed by atoms with van der Waals surface area (Å²) in [6.07, 6.45) is 2.41. The number of benzene rings is 1. The van der Waals surface area contributed by atoms with Gasteiger partial charge in [0.2, 0.25) is 0 Å². The van der Waals surface area contributed by atoms with Crippen molar-refractivity contribution in [3.05, 3.63) is 64.1 Å². The summed E-state index contributed by atoms with van der Waals surface area (Å²) in [6, 6.07) is 10.6. The Bertz CT molecular complexity index is 513. The van der Waals surface area contributed by atoms with Gasteiger partial charge in [-0.15, -0.1) is 0 Å². The number of likely N-dealkylation sites (N-methyl/N-ethyl adjacent to an activating group) is 1. The van der Waals surface area contributed by atoms with E-state index in [1.807, 2.05) is 25.2 Å². The molecule has 1 N–H and O–H groups in total. The summed E-state index contributed by atoms with van der Waals surface area (Å²) >= 11 is 3.35. The minimum Gasteiger partial charge on any atom is -0.313 e. The summed E-state index contributed by atoms with van der Waals surface area (Å²) in [6.45, 7) is 0. The van der Waals surface area contributed by atoms with Crippen LogP contribution in [0.5, 0.6) is 0 Å². The van der Waals surface area contributed by atoms with Crippen LogP contribution in [0.25, 0.3) is 0 Å². The van der Waals surface area contributed by atoms with Crippen LogP contribution in [0, 0.1) is 5.82 Å². The van der Waals surface area contributed by atoms with Crippen molar-refractivity contribution < 1.29 is 4.39 Å². The van der Waals surface area contributed by atoms with Crippen LogP contribution in [-0.4, -0.2) is 12.0 Å². The molecule has 2 aromatic rings. The third kappa shape index (κ3) is 3.15. The van der Waals surface area contributed by atoms with Crippen LogP contribution in [0.15, 0.2) is 47.1 Å². The zero-order chi connectivity index (χ0) is 13.0. The van der Waals surface area contributed by atoms with Gasteiger partial charge in [0.1, 0.15) is 5.82 Å². The lowest BCUT2D eigenvalue weighted by molar-refractivity contribution is 0.530. The number of rotatable bonds is 4. The molecule has 1 unspecified atom stereocenters. The van der Waals surface area contributed by atoms with Crippen LogP contribution in [0.3, 0.4) is 0 Å². The molecule has 0 fully saturated rings. The third-order valence-electron chi connectivity index (χ3n) is 2.83. The van der Waals surface area contributed by atoms with Gasteiger partial charge < -0.3 is 5.32 Å². The molecule has 0 bridgehead atoms. The lowest BCUT2D eigenvalue weighted by Crippen LogP contribution is -2.20. The second-order valence-corrected chi connectivity index (χ2v) is 4.95. The van der Waals surface area contributed by atoms with Gasteiger partial charge in [-0.25, -0.2) is 4.39 Å². The highest BCUT2D eigenvalue weighted by atomic mass is 79.9. The highest BCUT2D eigenvalue weighted by Crippen LogP contribution is 2.20. The normalized spacial score (nSPS) is 12.4. The lowest BCUT2D eigenvalue weighted by Gasteiger charge is -2.16. The molecule has 0 spiro atoms. The highest BCUT2D eigenvalue weighted by molar-refractivity contribution is 9.10. The molecule has 0 saturated carbocycles. The molecule has 0 amide bonds. The van der Waals surface area contributed by atoms with Gasteiger partial charge in [0.05, 0.1) is 0 Å². The molecule has 4 heteroatoms. The Labute approximate surface area is 114 Å². The summed E-state index contributed by atoms with van der Waals surface area (Å²) in [5.74, 6) is -0.186. The number of aromatic nitrogens is 1. The van der Waals surface area contributed by atoms with Crippen LogP contribution >= 0.6 is 15.9 Å². The van der Waals surface area contributed by atoms with E-state index in [1.54, 1.807) is 18.3 Å². The van der Waals surface area contributed by atoms with Gasteiger partial charge in [-0.2, -0.15) is 0 Å². The molecule has 0 radical (unpaired) electrons. The maximum Gasteiger partial charge on any atom is 0.127 e. The van der Waals surface area contributed by atoms with E-state index in [0.717, 1.165) is 10.2 Å². The topological polar surface area (TPSA) is 24.9 Å². The highest BCUT2D eigenvalue weighted by Gasteiger charge is 2.14. The maximum absolute atomic E-state index is 13.7. The molecule has 1 heterocycles. The van der Waals surface area contributed by atoms with E-state index in [4.69, 9.17) is 0 Å². The molecule has 0 aliphatic rings. The number of halogens is 2. The molecular weight excluding hydrogens is 295 g/mol. The number of hydrogen-bond acceptors (Lipinski definition) is 2. The van der Waals surface area contributed by atoms with Crippen molar-refractivity contribution in [1.29, 1.82) is 0 Å². The summed E-state index contributed by atoms with van der Waals surface area (Å²) < 4.78 is 14.7. The molecule has 0 aliphatic heterocycles. The molecule has 18 heavy (non-hydrogen) atoms. The van der Waals surface area contributed by atoms with Crippen LogP contribution < -0.4 is 5.32 Å². The Balaban J connectivity index is 2.20. The molecule has 1 atom stereocenters. The first-order valence-corrected chi connectivity index (χ1v) is 6.52. The Morgan fingerprint density at radius 3 is 2.67 bits per heavy atom. The molecular formula is C14H14BrFN2. The SMILES string of the molecule is CNC(Cc1ccc(Br)cn1)c1ccccc1F. The van der Waals surface area contributed by atoms with Gasteiger partial charge in [0.15, 0.2) is 0 Å². The van der Waals surface area contributed by atoms with Gasteiger partial charge in [0, 0.05) is 34.4 Å². The van der Waals surface area contributed by atoms with Gasteiger partial charge in [-0.05, 0) is 41.2 Å². The van der Waals surface area contributed by atoms with Crippen molar-refractivity contribution in [3.8, 4) is 0 Å². The van der Waals surface area contributed by atoms with Crippen molar-refractivity contribution >= 4 is 15.9 Å².